The predicted octanol–water partition coefficient (Wildman–Crippen LogP) is 0.988. The molecule has 70 valence electrons. The van der Waals surface area contributed by atoms with Crippen molar-refractivity contribution in [3.8, 4) is 11.3 Å². The number of hydrogen-bond acceptors (Lipinski definition) is 4. The molecule has 0 aromatic carbocycles. The summed E-state index contributed by atoms with van der Waals surface area (Å²) in [6.07, 6.45) is 4.06. The van der Waals surface area contributed by atoms with Crippen LogP contribution in [0.2, 0.25) is 0 Å². The van der Waals surface area contributed by atoms with Gasteiger partial charge < -0.3 is 0 Å². The average Bonchev–Trinajstić information content (AvgIpc) is 2.65. The van der Waals surface area contributed by atoms with Gasteiger partial charge in [0, 0.05) is 18.0 Å². The Morgan fingerprint density at radius 2 is 2.21 bits per heavy atom. The molecule has 2 rings (SSSR count). The van der Waals surface area contributed by atoms with Gasteiger partial charge in [0.2, 0.25) is 0 Å². The summed E-state index contributed by atoms with van der Waals surface area (Å²) in [5.41, 5.74) is 2.65. The lowest BCUT2D eigenvalue weighted by molar-refractivity contribution is 0.111. The molecule has 2 aromatic rings. The summed E-state index contributed by atoms with van der Waals surface area (Å²) in [7, 11) is 0. The van der Waals surface area contributed by atoms with Gasteiger partial charge in [-0.1, -0.05) is 0 Å². The quantitative estimate of drug-likeness (QED) is 0.713. The molecule has 0 aliphatic carbocycles. The van der Waals surface area contributed by atoms with Crippen LogP contribution in [0.4, 0.5) is 0 Å². The molecule has 0 bridgehead atoms. The number of aromatic amines is 1. The SMILES string of the molecule is Cc1cncc(-c2n[nH]nc2C=O)c1. The molecular formula is C9H8N4O. The Morgan fingerprint density at radius 1 is 1.36 bits per heavy atom. The maximum Gasteiger partial charge on any atom is 0.172 e. The Hall–Kier alpha value is -2.04. The van der Waals surface area contributed by atoms with Crippen LogP contribution in [0.15, 0.2) is 18.5 Å². The number of aryl methyl sites for hydroxylation is 1. The highest BCUT2D eigenvalue weighted by atomic mass is 16.1. The Balaban J connectivity index is 2.54. The lowest BCUT2D eigenvalue weighted by Crippen LogP contribution is -1.87. The van der Waals surface area contributed by atoms with Gasteiger partial charge in [0.15, 0.2) is 12.0 Å². The molecular weight excluding hydrogens is 180 g/mol. The Kier molecular flexibility index (Phi) is 2.06. The van der Waals surface area contributed by atoms with Crippen molar-refractivity contribution in [3.05, 3.63) is 29.7 Å². The molecule has 0 aliphatic heterocycles. The summed E-state index contributed by atoms with van der Waals surface area (Å²) in [5, 5.41) is 10.0. The van der Waals surface area contributed by atoms with Gasteiger partial charge in [-0.15, -0.1) is 0 Å². The molecule has 0 aliphatic rings. The van der Waals surface area contributed by atoms with Gasteiger partial charge in [0.05, 0.1) is 0 Å². The molecule has 0 unspecified atom stereocenters. The fourth-order valence-corrected chi connectivity index (χ4v) is 1.22. The Labute approximate surface area is 80.2 Å². The molecule has 0 saturated heterocycles. The number of hydrogen-bond donors (Lipinski definition) is 1. The van der Waals surface area contributed by atoms with Crippen LogP contribution in [0.5, 0.6) is 0 Å². The second-order valence-corrected chi connectivity index (χ2v) is 2.93. The van der Waals surface area contributed by atoms with Crippen molar-refractivity contribution in [2.45, 2.75) is 6.92 Å². The number of nitrogens with zero attached hydrogens (tertiary/aromatic N) is 3. The zero-order valence-corrected chi connectivity index (χ0v) is 7.56. The number of nitrogens with one attached hydrogen (secondary N) is 1. The molecule has 5 heteroatoms. The van der Waals surface area contributed by atoms with E-state index in [1.807, 2.05) is 13.0 Å². The van der Waals surface area contributed by atoms with E-state index in [2.05, 4.69) is 20.4 Å². The molecule has 0 atom stereocenters. The summed E-state index contributed by atoms with van der Waals surface area (Å²) < 4.78 is 0. The predicted molar refractivity (Wildman–Crippen MR) is 49.7 cm³/mol. The number of pyridine rings is 1. The fraction of sp³-hybridized carbons (Fsp3) is 0.111. The summed E-state index contributed by atoms with van der Waals surface area (Å²) in [6, 6.07) is 1.90. The molecule has 1 N–H and O–H groups in total. The average molecular weight is 188 g/mol. The first-order valence-corrected chi connectivity index (χ1v) is 4.09. The van der Waals surface area contributed by atoms with Crippen LogP contribution in [0, 0.1) is 6.92 Å². The van der Waals surface area contributed by atoms with Gasteiger partial charge >= 0.3 is 0 Å². The van der Waals surface area contributed by atoms with E-state index in [0.717, 1.165) is 11.1 Å². The van der Waals surface area contributed by atoms with E-state index >= 15 is 0 Å². The zero-order valence-electron chi connectivity index (χ0n) is 7.56. The zero-order chi connectivity index (χ0) is 9.97. The first kappa shape index (κ1) is 8.55. The van der Waals surface area contributed by atoms with Crippen molar-refractivity contribution in [3.63, 3.8) is 0 Å². The first-order chi connectivity index (χ1) is 6.81. The number of carbonyl (C=O) groups excluding carboxylic acids is 1. The molecule has 5 nitrogen and oxygen atoms in total. The topological polar surface area (TPSA) is 71.5 Å². The molecule has 0 spiro atoms. The van der Waals surface area contributed by atoms with Gasteiger partial charge in [-0.25, -0.2) is 0 Å². The van der Waals surface area contributed by atoms with E-state index in [9.17, 15) is 4.79 Å². The fourth-order valence-electron chi connectivity index (χ4n) is 1.22. The number of rotatable bonds is 2. The molecule has 0 fully saturated rings. The van der Waals surface area contributed by atoms with Crippen LogP contribution in [-0.2, 0) is 0 Å². The number of aldehydes is 1. The van der Waals surface area contributed by atoms with Crippen LogP contribution >= 0.6 is 0 Å². The van der Waals surface area contributed by atoms with E-state index < -0.39 is 0 Å². The molecule has 0 radical (unpaired) electrons. The van der Waals surface area contributed by atoms with Crippen molar-refractivity contribution in [1.29, 1.82) is 0 Å². The number of aromatic nitrogens is 4. The van der Waals surface area contributed by atoms with Crippen LogP contribution < -0.4 is 0 Å². The lowest BCUT2D eigenvalue weighted by atomic mass is 10.1. The van der Waals surface area contributed by atoms with E-state index in [1.165, 1.54) is 0 Å². The van der Waals surface area contributed by atoms with Gasteiger partial charge in [-0.3, -0.25) is 9.78 Å². The van der Waals surface area contributed by atoms with E-state index in [1.54, 1.807) is 12.4 Å². The van der Waals surface area contributed by atoms with Crippen molar-refractivity contribution >= 4 is 6.29 Å². The van der Waals surface area contributed by atoms with Crippen molar-refractivity contribution < 1.29 is 4.79 Å². The molecule has 2 heterocycles. The van der Waals surface area contributed by atoms with Gasteiger partial charge in [-0.2, -0.15) is 15.4 Å². The summed E-state index contributed by atoms with van der Waals surface area (Å²) >= 11 is 0. The smallest absolute Gasteiger partial charge is 0.172 e. The van der Waals surface area contributed by atoms with Crippen molar-refractivity contribution in [2.24, 2.45) is 0 Å². The monoisotopic (exact) mass is 188 g/mol. The first-order valence-electron chi connectivity index (χ1n) is 4.09. The highest BCUT2D eigenvalue weighted by molar-refractivity contribution is 5.82. The third-order valence-electron chi connectivity index (χ3n) is 1.83. The van der Waals surface area contributed by atoms with Gasteiger partial charge in [-0.05, 0) is 18.6 Å². The minimum absolute atomic E-state index is 0.303. The summed E-state index contributed by atoms with van der Waals surface area (Å²) in [6.45, 7) is 1.93. The second kappa shape index (κ2) is 3.37. The van der Waals surface area contributed by atoms with Gasteiger partial charge in [0.25, 0.3) is 0 Å². The maximum absolute atomic E-state index is 10.6. The van der Waals surface area contributed by atoms with Crippen LogP contribution in [0.25, 0.3) is 11.3 Å². The Morgan fingerprint density at radius 3 is 2.93 bits per heavy atom. The van der Waals surface area contributed by atoms with Crippen molar-refractivity contribution in [1.82, 2.24) is 20.4 Å². The standard InChI is InChI=1S/C9H8N4O/c1-6-2-7(4-10-3-6)9-8(5-14)11-13-12-9/h2-5H,1H3,(H,11,12,13). The molecule has 14 heavy (non-hydrogen) atoms. The normalized spacial score (nSPS) is 10.1. The highest BCUT2D eigenvalue weighted by Crippen LogP contribution is 2.17. The van der Waals surface area contributed by atoms with Gasteiger partial charge in [0.1, 0.15) is 5.69 Å². The van der Waals surface area contributed by atoms with Crippen LogP contribution in [-0.4, -0.2) is 26.7 Å². The van der Waals surface area contributed by atoms with Crippen LogP contribution in [0.1, 0.15) is 16.1 Å². The van der Waals surface area contributed by atoms with E-state index in [0.29, 0.717) is 17.7 Å². The van der Waals surface area contributed by atoms with E-state index in [-0.39, 0.29) is 0 Å². The minimum Gasteiger partial charge on any atom is -0.296 e. The summed E-state index contributed by atoms with van der Waals surface area (Å²) in [5.74, 6) is 0. The largest absolute Gasteiger partial charge is 0.296 e. The maximum atomic E-state index is 10.6. The molecule has 2 aromatic heterocycles. The molecule has 0 saturated carbocycles. The molecule has 0 amide bonds. The minimum atomic E-state index is 0.303. The van der Waals surface area contributed by atoms with E-state index in [4.69, 9.17) is 0 Å². The third kappa shape index (κ3) is 1.39. The lowest BCUT2D eigenvalue weighted by Gasteiger charge is -1.96. The number of carbonyl (C=O) groups is 1. The second-order valence-electron chi connectivity index (χ2n) is 2.93. The number of H-pyrrole nitrogens is 1. The van der Waals surface area contributed by atoms with Crippen molar-refractivity contribution in [2.75, 3.05) is 0 Å². The van der Waals surface area contributed by atoms with Crippen LogP contribution in [0.3, 0.4) is 0 Å². The highest BCUT2D eigenvalue weighted by Gasteiger charge is 2.09. The Bertz CT molecular complexity index is 463. The third-order valence-corrected chi connectivity index (χ3v) is 1.83. The summed E-state index contributed by atoms with van der Waals surface area (Å²) in [4.78, 5) is 14.6.